The van der Waals surface area contributed by atoms with Gasteiger partial charge in [-0.15, -0.1) is 0 Å². The van der Waals surface area contributed by atoms with Crippen LogP contribution in [-0.4, -0.2) is 8.42 Å². The molecule has 0 radical (unpaired) electrons. The number of nitriles is 2. The molecule has 0 aliphatic carbocycles. The van der Waals surface area contributed by atoms with E-state index in [0.29, 0.717) is 5.69 Å². The van der Waals surface area contributed by atoms with Crippen molar-refractivity contribution < 1.29 is 8.42 Å². The molecule has 0 heterocycles. The van der Waals surface area contributed by atoms with Gasteiger partial charge in [0.25, 0.3) is 10.0 Å². The van der Waals surface area contributed by atoms with Crippen LogP contribution in [0.2, 0.25) is 0 Å². The Labute approximate surface area is 135 Å². The molecule has 0 amide bonds. The molecule has 0 fully saturated rings. The number of sulfonamides is 1. The lowest BCUT2D eigenvalue weighted by Crippen LogP contribution is -2.16. The Kier molecular flexibility index (Phi) is 4.40. The number of benzene rings is 2. The molecule has 0 aliphatic heterocycles. The number of anilines is 1. The maximum atomic E-state index is 12.7. The summed E-state index contributed by atoms with van der Waals surface area (Å²) < 4.78 is 27.9. The average Bonchev–Trinajstić information content (AvgIpc) is 2.50. The maximum absolute atomic E-state index is 12.7. The Balaban J connectivity index is 2.59. The molecule has 0 saturated heterocycles. The van der Waals surface area contributed by atoms with E-state index in [0.717, 1.165) is 16.7 Å². The molecule has 2 aromatic carbocycles. The Hall–Kier alpha value is -2.83. The molecule has 0 aliphatic rings. The summed E-state index contributed by atoms with van der Waals surface area (Å²) in [6.45, 7) is 5.56. The zero-order chi connectivity index (χ0) is 17.2. The molecule has 6 heteroatoms. The van der Waals surface area contributed by atoms with Crippen LogP contribution in [0.4, 0.5) is 5.69 Å². The molecule has 2 rings (SSSR count). The number of nitrogens with zero attached hydrogens (tertiary/aromatic N) is 2. The molecular weight excluding hydrogens is 310 g/mol. The Morgan fingerprint density at radius 3 is 2.13 bits per heavy atom. The smallest absolute Gasteiger partial charge is 0.263 e. The molecule has 0 unspecified atom stereocenters. The minimum atomic E-state index is -3.97. The first-order valence-corrected chi connectivity index (χ1v) is 8.32. The first-order valence-electron chi connectivity index (χ1n) is 6.84. The van der Waals surface area contributed by atoms with Crippen LogP contribution < -0.4 is 4.72 Å². The number of hydrogen-bond donors (Lipinski definition) is 1. The third-order valence-corrected chi connectivity index (χ3v) is 4.85. The van der Waals surface area contributed by atoms with Gasteiger partial charge in [-0.25, -0.2) is 8.42 Å². The summed E-state index contributed by atoms with van der Waals surface area (Å²) in [6.07, 6.45) is 0. The van der Waals surface area contributed by atoms with E-state index in [1.807, 2.05) is 39.0 Å². The second kappa shape index (κ2) is 6.12. The largest absolute Gasteiger partial charge is 0.279 e. The van der Waals surface area contributed by atoms with Crippen molar-refractivity contribution in [2.75, 3.05) is 4.72 Å². The second-order valence-electron chi connectivity index (χ2n) is 5.28. The van der Waals surface area contributed by atoms with Gasteiger partial charge in [-0.3, -0.25) is 4.72 Å². The first-order chi connectivity index (χ1) is 10.8. The van der Waals surface area contributed by atoms with Crippen LogP contribution in [0, 0.1) is 43.4 Å². The fraction of sp³-hybridized carbons (Fsp3) is 0.176. The molecule has 2 aromatic rings. The first kappa shape index (κ1) is 16.5. The van der Waals surface area contributed by atoms with Gasteiger partial charge < -0.3 is 0 Å². The van der Waals surface area contributed by atoms with Crippen LogP contribution in [-0.2, 0) is 10.0 Å². The van der Waals surface area contributed by atoms with Crippen molar-refractivity contribution in [1.29, 1.82) is 10.5 Å². The zero-order valence-corrected chi connectivity index (χ0v) is 13.8. The van der Waals surface area contributed by atoms with Gasteiger partial charge >= 0.3 is 0 Å². The van der Waals surface area contributed by atoms with Gasteiger partial charge in [-0.2, -0.15) is 10.5 Å². The highest BCUT2D eigenvalue weighted by Crippen LogP contribution is 2.27. The van der Waals surface area contributed by atoms with Crippen LogP contribution >= 0.6 is 0 Å². The molecule has 1 N–H and O–H groups in total. The lowest BCUT2D eigenvalue weighted by atomic mass is 10.1. The normalized spacial score (nSPS) is 10.7. The van der Waals surface area contributed by atoms with Crippen molar-refractivity contribution in [3.05, 3.63) is 58.1 Å². The highest BCUT2D eigenvalue weighted by molar-refractivity contribution is 7.92. The fourth-order valence-corrected chi connectivity index (χ4v) is 3.88. The lowest BCUT2D eigenvalue weighted by Gasteiger charge is -2.15. The SMILES string of the molecule is Cc1cc(C)c(NS(=O)(=O)c2cccc(C#N)c2C#N)c(C)c1. The van der Waals surface area contributed by atoms with Crippen LogP contribution in [0.5, 0.6) is 0 Å². The minimum absolute atomic E-state index is 0.0349. The van der Waals surface area contributed by atoms with E-state index < -0.39 is 10.0 Å². The van der Waals surface area contributed by atoms with E-state index in [1.54, 1.807) is 6.07 Å². The molecule has 0 bridgehead atoms. The van der Waals surface area contributed by atoms with E-state index in [-0.39, 0.29) is 16.0 Å². The van der Waals surface area contributed by atoms with Crippen molar-refractivity contribution in [3.8, 4) is 12.1 Å². The number of aryl methyl sites for hydroxylation is 3. The van der Waals surface area contributed by atoms with E-state index in [2.05, 4.69) is 4.72 Å². The second-order valence-corrected chi connectivity index (χ2v) is 6.93. The third kappa shape index (κ3) is 3.18. The minimum Gasteiger partial charge on any atom is -0.279 e. The Bertz CT molecular complexity index is 941. The average molecular weight is 325 g/mol. The van der Waals surface area contributed by atoms with Crippen molar-refractivity contribution in [1.82, 2.24) is 0 Å². The van der Waals surface area contributed by atoms with Gasteiger partial charge in [-0.05, 0) is 44.0 Å². The topological polar surface area (TPSA) is 93.8 Å². The molecule has 0 spiro atoms. The lowest BCUT2D eigenvalue weighted by molar-refractivity contribution is 0.601. The van der Waals surface area contributed by atoms with E-state index >= 15 is 0 Å². The van der Waals surface area contributed by atoms with Crippen molar-refractivity contribution in [2.24, 2.45) is 0 Å². The molecule has 0 aromatic heterocycles. The van der Waals surface area contributed by atoms with Crippen LogP contribution in [0.25, 0.3) is 0 Å². The van der Waals surface area contributed by atoms with E-state index in [9.17, 15) is 13.7 Å². The van der Waals surface area contributed by atoms with Gasteiger partial charge in [0.2, 0.25) is 0 Å². The predicted molar refractivity (Wildman–Crippen MR) is 87.3 cm³/mol. The van der Waals surface area contributed by atoms with Crippen LogP contribution in [0.1, 0.15) is 27.8 Å². The standard InChI is InChI=1S/C17H15N3O2S/c1-11-7-12(2)17(13(3)8-11)20-23(21,22)16-6-4-5-14(9-18)15(16)10-19/h4-8,20H,1-3H3. The van der Waals surface area contributed by atoms with Gasteiger partial charge in [0, 0.05) is 0 Å². The maximum Gasteiger partial charge on any atom is 0.263 e. The quantitative estimate of drug-likeness (QED) is 0.938. The van der Waals surface area contributed by atoms with Crippen LogP contribution in [0.15, 0.2) is 35.2 Å². The number of nitrogens with one attached hydrogen (secondary N) is 1. The summed E-state index contributed by atoms with van der Waals surface area (Å²) in [6, 6.07) is 11.6. The predicted octanol–water partition coefficient (Wildman–Crippen LogP) is 3.16. The molecule has 116 valence electrons. The molecular formula is C17H15N3O2S. The highest BCUT2D eigenvalue weighted by atomic mass is 32.2. The van der Waals surface area contributed by atoms with Gasteiger partial charge in [0.15, 0.2) is 0 Å². The van der Waals surface area contributed by atoms with Gasteiger partial charge in [-0.1, -0.05) is 23.8 Å². The molecule has 23 heavy (non-hydrogen) atoms. The Morgan fingerprint density at radius 1 is 1.00 bits per heavy atom. The number of rotatable bonds is 3. The summed E-state index contributed by atoms with van der Waals surface area (Å²) in [7, 11) is -3.97. The van der Waals surface area contributed by atoms with Gasteiger partial charge in [0.1, 0.15) is 17.0 Å². The summed E-state index contributed by atoms with van der Waals surface area (Å²) in [5.41, 5.74) is 2.99. The van der Waals surface area contributed by atoms with E-state index in [4.69, 9.17) is 5.26 Å². The Morgan fingerprint density at radius 2 is 1.61 bits per heavy atom. The monoisotopic (exact) mass is 325 g/mol. The summed E-state index contributed by atoms with van der Waals surface area (Å²) in [5.74, 6) is 0. The number of hydrogen-bond acceptors (Lipinski definition) is 4. The van der Waals surface area contributed by atoms with Crippen LogP contribution in [0.3, 0.4) is 0 Å². The summed E-state index contributed by atoms with van der Waals surface area (Å²) in [4.78, 5) is -0.196. The molecule has 0 atom stereocenters. The van der Waals surface area contributed by atoms with E-state index in [1.165, 1.54) is 18.2 Å². The zero-order valence-electron chi connectivity index (χ0n) is 13.0. The van der Waals surface area contributed by atoms with Gasteiger partial charge in [0.05, 0.1) is 16.8 Å². The van der Waals surface area contributed by atoms with Crippen molar-refractivity contribution in [2.45, 2.75) is 25.7 Å². The van der Waals surface area contributed by atoms with Crippen molar-refractivity contribution >= 4 is 15.7 Å². The molecule has 5 nitrogen and oxygen atoms in total. The highest BCUT2D eigenvalue weighted by Gasteiger charge is 2.22. The fourth-order valence-electron chi connectivity index (χ4n) is 2.49. The summed E-state index contributed by atoms with van der Waals surface area (Å²) in [5, 5.41) is 18.2. The third-order valence-electron chi connectivity index (χ3n) is 3.46. The molecule has 0 saturated carbocycles. The summed E-state index contributed by atoms with van der Waals surface area (Å²) >= 11 is 0. The van der Waals surface area contributed by atoms with Crippen molar-refractivity contribution in [3.63, 3.8) is 0 Å².